The van der Waals surface area contributed by atoms with E-state index in [1.165, 1.54) is 6.07 Å². The Morgan fingerprint density at radius 2 is 1.91 bits per heavy atom. The van der Waals surface area contributed by atoms with E-state index < -0.39 is 11.7 Å². The first kappa shape index (κ1) is 23.6. The maximum atomic E-state index is 13.1. The molecule has 1 aliphatic rings. The van der Waals surface area contributed by atoms with Crippen molar-refractivity contribution in [2.75, 3.05) is 44.2 Å². The molecule has 0 spiro atoms. The van der Waals surface area contributed by atoms with Crippen LogP contribution in [-0.2, 0) is 6.18 Å². The molecule has 1 fully saturated rings. The lowest BCUT2D eigenvalue weighted by Gasteiger charge is -2.36. The van der Waals surface area contributed by atoms with Crippen molar-refractivity contribution in [1.29, 1.82) is 5.26 Å². The van der Waals surface area contributed by atoms with Gasteiger partial charge in [-0.1, -0.05) is 6.07 Å². The fourth-order valence-electron chi connectivity index (χ4n) is 4.05. The smallest absolute Gasteiger partial charge is 0.369 e. The van der Waals surface area contributed by atoms with Crippen molar-refractivity contribution in [3.05, 3.63) is 65.6 Å². The Balaban J connectivity index is 1.19. The maximum absolute atomic E-state index is 13.1. The van der Waals surface area contributed by atoms with E-state index in [2.05, 4.69) is 15.2 Å². The Morgan fingerprint density at radius 3 is 2.62 bits per heavy atom. The number of benzene rings is 1. The van der Waals surface area contributed by atoms with E-state index in [4.69, 9.17) is 5.26 Å². The van der Waals surface area contributed by atoms with Crippen LogP contribution < -0.4 is 10.2 Å². The number of nitrogens with one attached hydrogen (secondary N) is 1. The third kappa shape index (κ3) is 5.66. The standard InChI is InChI=1S/C24H25F3N6O/c25-24(26,27)19-13-18(16-28)14-20(15-19)32-11-9-31(10-12-32)7-4-2-6-29-23(34)21-17-33-8-3-1-5-22(33)30-21/h1,3,5,8,13-15,17H,2,4,6-7,9-12H2,(H,29,34). The molecule has 0 atom stereocenters. The van der Waals surface area contributed by atoms with Crippen LogP contribution in [0.4, 0.5) is 18.9 Å². The second kappa shape index (κ2) is 10.1. The summed E-state index contributed by atoms with van der Waals surface area (Å²) in [4.78, 5) is 20.7. The van der Waals surface area contributed by atoms with E-state index in [0.29, 0.717) is 31.0 Å². The number of carbonyl (C=O) groups excluding carboxylic acids is 1. The molecule has 0 saturated carbocycles. The summed E-state index contributed by atoms with van der Waals surface area (Å²) in [5.74, 6) is -0.199. The molecule has 1 aliphatic heterocycles. The molecule has 4 rings (SSSR count). The Kier molecular flexibility index (Phi) is 7.03. The number of hydrogen-bond donors (Lipinski definition) is 1. The zero-order chi connectivity index (χ0) is 24.1. The fraction of sp³-hybridized carbons (Fsp3) is 0.375. The molecule has 1 amide bonds. The van der Waals surface area contributed by atoms with Crippen LogP contribution in [0.3, 0.4) is 0 Å². The van der Waals surface area contributed by atoms with Crippen LogP contribution in [0.5, 0.6) is 0 Å². The lowest BCUT2D eigenvalue weighted by Crippen LogP contribution is -2.46. The Labute approximate surface area is 195 Å². The highest BCUT2D eigenvalue weighted by atomic mass is 19.4. The van der Waals surface area contributed by atoms with Crippen molar-refractivity contribution in [2.24, 2.45) is 0 Å². The molecule has 0 bridgehead atoms. The number of imidazole rings is 1. The minimum atomic E-state index is -4.48. The Hall–Kier alpha value is -3.58. The molecule has 1 aromatic carbocycles. The molecule has 3 heterocycles. The van der Waals surface area contributed by atoms with Crippen LogP contribution in [0.15, 0.2) is 48.8 Å². The highest BCUT2D eigenvalue weighted by molar-refractivity contribution is 5.92. The highest BCUT2D eigenvalue weighted by Gasteiger charge is 2.32. The van der Waals surface area contributed by atoms with Crippen LogP contribution in [0.1, 0.15) is 34.5 Å². The van der Waals surface area contributed by atoms with Crippen molar-refractivity contribution < 1.29 is 18.0 Å². The molecular formula is C24H25F3N6O. The van der Waals surface area contributed by atoms with Crippen LogP contribution in [0.25, 0.3) is 5.65 Å². The number of piperazine rings is 1. The lowest BCUT2D eigenvalue weighted by atomic mass is 10.1. The molecule has 1 N–H and O–H groups in total. The third-order valence-corrected chi connectivity index (χ3v) is 5.89. The van der Waals surface area contributed by atoms with Gasteiger partial charge in [0.05, 0.1) is 17.2 Å². The third-order valence-electron chi connectivity index (χ3n) is 5.89. The number of nitriles is 1. The van der Waals surface area contributed by atoms with Gasteiger partial charge < -0.3 is 14.6 Å². The maximum Gasteiger partial charge on any atom is 0.416 e. The molecule has 0 radical (unpaired) electrons. The van der Waals surface area contributed by atoms with Crippen LogP contribution in [0, 0.1) is 11.3 Å². The number of alkyl halides is 3. The molecule has 178 valence electrons. The van der Waals surface area contributed by atoms with Gasteiger partial charge in [-0.2, -0.15) is 18.4 Å². The predicted molar refractivity (Wildman–Crippen MR) is 122 cm³/mol. The van der Waals surface area contributed by atoms with Gasteiger partial charge in [-0.3, -0.25) is 9.69 Å². The number of carbonyl (C=O) groups is 1. The van der Waals surface area contributed by atoms with Crippen LogP contribution in [-0.4, -0.2) is 59.5 Å². The summed E-state index contributed by atoms with van der Waals surface area (Å²) < 4.78 is 41.2. The zero-order valence-corrected chi connectivity index (χ0v) is 18.6. The molecule has 7 nitrogen and oxygen atoms in total. The predicted octanol–water partition coefficient (Wildman–Crippen LogP) is 3.56. The molecule has 34 heavy (non-hydrogen) atoms. The summed E-state index contributed by atoms with van der Waals surface area (Å²) in [6.45, 7) is 4.04. The van der Waals surface area contributed by atoms with Gasteiger partial charge in [-0.05, 0) is 49.7 Å². The number of rotatable bonds is 7. The fourth-order valence-corrected chi connectivity index (χ4v) is 4.05. The van der Waals surface area contributed by atoms with Gasteiger partial charge in [0, 0.05) is 50.8 Å². The largest absolute Gasteiger partial charge is 0.416 e. The quantitative estimate of drug-likeness (QED) is 0.535. The van der Waals surface area contributed by atoms with E-state index >= 15 is 0 Å². The first-order chi connectivity index (χ1) is 16.3. The van der Waals surface area contributed by atoms with Crippen molar-refractivity contribution in [3.63, 3.8) is 0 Å². The van der Waals surface area contributed by atoms with Gasteiger partial charge in [0.2, 0.25) is 0 Å². The van der Waals surface area contributed by atoms with Crippen molar-refractivity contribution in [3.8, 4) is 6.07 Å². The molecule has 2 aromatic heterocycles. The van der Waals surface area contributed by atoms with Crippen LogP contribution >= 0.6 is 0 Å². The number of nitrogens with zero attached hydrogens (tertiary/aromatic N) is 5. The summed E-state index contributed by atoms with van der Waals surface area (Å²) in [6.07, 6.45) is 0.776. The van der Waals surface area contributed by atoms with E-state index in [9.17, 15) is 18.0 Å². The van der Waals surface area contributed by atoms with Crippen molar-refractivity contribution >= 4 is 17.2 Å². The van der Waals surface area contributed by atoms with Crippen molar-refractivity contribution in [2.45, 2.75) is 19.0 Å². The average molecular weight is 470 g/mol. The summed E-state index contributed by atoms with van der Waals surface area (Å²) in [5.41, 5.74) is 0.755. The monoisotopic (exact) mass is 470 g/mol. The van der Waals surface area contributed by atoms with E-state index in [1.54, 1.807) is 10.6 Å². The number of hydrogen-bond acceptors (Lipinski definition) is 5. The summed E-state index contributed by atoms with van der Waals surface area (Å²) in [7, 11) is 0. The number of fused-ring (bicyclic) bond motifs is 1. The summed E-state index contributed by atoms with van der Waals surface area (Å²) in [6, 6.07) is 10.9. The van der Waals surface area contributed by atoms with E-state index in [1.807, 2.05) is 35.4 Å². The Bertz CT molecular complexity index is 1160. The first-order valence-electron chi connectivity index (χ1n) is 11.1. The lowest BCUT2D eigenvalue weighted by molar-refractivity contribution is -0.137. The van der Waals surface area contributed by atoms with Gasteiger partial charge in [-0.25, -0.2) is 4.98 Å². The van der Waals surface area contributed by atoms with Gasteiger partial charge in [0.25, 0.3) is 5.91 Å². The molecule has 3 aromatic rings. The summed E-state index contributed by atoms with van der Waals surface area (Å²) in [5, 5.41) is 12.0. The van der Waals surface area contributed by atoms with Gasteiger partial charge in [0.1, 0.15) is 11.3 Å². The number of halogens is 3. The minimum absolute atomic E-state index is 0.0120. The second-order valence-electron chi connectivity index (χ2n) is 8.26. The van der Waals surface area contributed by atoms with Gasteiger partial charge >= 0.3 is 6.18 Å². The topological polar surface area (TPSA) is 76.7 Å². The van der Waals surface area contributed by atoms with E-state index in [-0.39, 0.29) is 11.5 Å². The number of anilines is 1. The normalized spacial score (nSPS) is 14.8. The number of aromatic nitrogens is 2. The first-order valence-corrected chi connectivity index (χ1v) is 11.1. The highest BCUT2D eigenvalue weighted by Crippen LogP contribution is 2.33. The number of pyridine rings is 1. The second-order valence-corrected chi connectivity index (χ2v) is 8.26. The SMILES string of the molecule is N#Cc1cc(N2CCN(CCCCNC(=O)c3cn4ccccc4n3)CC2)cc(C(F)(F)F)c1. The Morgan fingerprint density at radius 1 is 1.12 bits per heavy atom. The molecule has 1 saturated heterocycles. The molecule has 10 heteroatoms. The van der Waals surface area contributed by atoms with Crippen LogP contribution in [0.2, 0.25) is 0 Å². The molecule has 0 aliphatic carbocycles. The van der Waals surface area contributed by atoms with Gasteiger partial charge in [0.15, 0.2) is 0 Å². The van der Waals surface area contributed by atoms with Crippen molar-refractivity contribution in [1.82, 2.24) is 19.6 Å². The molecular weight excluding hydrogens is 445 g/mol. The minimum Gasteiger partial charge on any atom is -0.369 e. The number of amides is 1. The zero-order valence-electron chi connectivity index (χ0n) is 18.6. The van der Waals surface area contributed by atoms with E-state index in [0.717, 1.165) is 50.3 Å². The molecule has 0 unspecified atom stereocenters. The summed E-state index contributed by atoms with van der Waals surface area (Å²) >= 11 is 0. The average Bonchev–Trinajstić information content (AvgIpc) is 3.28. The number of unbranched alkanes of at least 4 members (excludes halogenated alkanes) is 1. The van der Waals surface area contributed by atoms with Gasteiger partial charge in [-0.15, -0.1) is 0 Å².